The molecule has 0 saturated heterocycles. The van der Waals surface area contributed by atoms with E-state index < -0.39 is 0 Å². The van der Waals surface area contributed by atoms with Crippen molar-refractivity contribution < 1.29 is 4.39 Å². The molecule has 2 heteroatoms. The van der Waals surface area contributed by atoms with Crippen molar-refractivity contribution in [2.24, 2.45) is 4.99 Å². The van der Waals surface area contributed by atoms with Gasteiger partial charge >= 0.3 is 0 Å². The Morgan fingerprint density at radius 1 is 1.14 bits per heavy atom. The highest BCUT2D eigenvalue weighted by atomic mass is 19.1. The third-order valence-corrected chi connectivity index (χ3v) is 3.69. The molecule has 0 aliphatic rings. The zero-order valence-corrected chi connectivity index (χ0v) is 13.5. The standard InChI is InChI=1S/C20H22FN/c1-5-18(13-16-9-11-17(21)12-10-16)22-19-8-6-7-15(4)20(19)14(2)3/h6-12H,2,5,13H2,1,3-4H3. The van der Waals surface area contributed by atoms with Gasteiger partial charge in [0.1, 0.15) is 5.82 Å². The summed E-state index contributed by atoms with van der Waals surface area (Å²) >= 11 is 0. The fourth-order valence-corrected chi connectivity index (χ4v) is 2.55. The molecular formula is C20H22FN. The van der Waals surface area contributed by atoms with E-state index in [4.69, 9.17) is 4.99 Å². The molecule has 0 aliphatic carbocycles. The van der Waals surface area contributed by atoms with Crippen molar-refractivity contribution in [1.82, 2.24) is 0 Å². The summed E-state index contributed by atoms with van der Waals surface area (Å²) < 4.78 is 13.0. The van der Waals surface area contributed by atoms with Crippen LogP contribution in [-0.4, -0.2) is 5.71 Å². The number of hydrogen-bond donors (Lipinski definition) is 0. The van der Waals surface area contributed by atoms with Crippen LogP contribution in [0.1, 0.15) is 37.0 Å². The number of nitrogens with zero attached hydrogens (tertiary/aromatic N) is 1. The summed E-state index contributed by atoms with van der Waals surface area (Å²) in [5, 5.41) is 0. The highest BCUT2D eigenvalue weighted by Gasteiger charge is 2.07. The highest BCUT2D eigenvalue weighted by Crippen LogP contribution is 2.29. The molecule has 2 rings (SSSR count). The summed E-state index contributed by atoms with van der Waals surface area (Å²) in [4.78, 5) is 4.84. The fourth-order valence-electron chi connectivity index (χ4n) is 2.55. The van der Waals surface area contributed by atoms with E-state index >= 15 is 0 Å². The molecule has 0 spiro atoms. The lowest BCUT2D eigenvalue weighted by molar-refractivity contribution is 0.627. The van der Waals surface area contributed by atoms with E-state index in [9.17, 15) is 4.39 Å². The zero-order chi connectivity index (χ0) is 16.1. The van der Waals surface area contributed by atoms with Crippen molar-refractivity contribution in [2.75, 3.05) is 0 Å². The molecule has 0 bridgehead atoms. The molecular weight excluding hydrogens is 273 g/mol. The van der Waals surface area contributed by atoms with Crippen LogP contribution in [0.5, 0.6) is 0 Å². The number of halogens is 1. The maximum Gasteiger partial charge on any atom is 0.123 e. The van der Waals surface area contributed by atoms with Crippen molar-refractivity contribution in [3.8, 4) is 0 Å². The van der Waals surface area contributed by atoms with Gasteiger partial charge in [-0.3, -0.25) is 4.99 Å². The van der Waals surface area contributed by atoms with Gasteiger partial charge < -0.3 is 0 Å². The first kappa shape index (κ1) is 16.2. The van der Waals surface area contributed by atoms with Gasteiger partial charge in [-0.05, 0) is 55.2 Å². The van der Waals surface area contributed by atoms with Crippen molar-refractivity contribution in [3.63, 3.8) is 0 Å². The molecule has 2 aromatic carbocycles. The molecule has 0 aromatic heterocycles. The van der Waals surface area contributed by atoms with Crippen molar-refractivity contribution >= 4 is 17.0 Å². The van der Waals surface area contributed by atoms with E-state index in [1.165, 1.54) is 17.7 Å². The van der Waals surface area contributed by atoms with E-state index in [0.29, 0.717) is 0 Å². The van der Waals surface area contributed by atoms with Crippen molar-refractivity contribution in [3.05, 3.63) is 71.6 Å². The van der Waals surface area contributed by atoms with Crippen LogP contribution in [0.15, 0.2) is 54.0 Å². The van der Waals surface area contributed by atoms with E-state index in [1.807, 2.05) is 31.2 Å². The molecule has 2 aromatic rings. The zero-order valence-electron chi connectivity index (χ0n) is 13.5. The Bertz CT molecular complexity index is 696. The highest BCUT2D eigenvalue weighted by molar-refractivity contribution is 5.90. The predicted molar refractivity (Wildman–Crippen MR) is 93.4 cm³/mol. The van der Waals surface area contributed by atoms with Crippen molar-refractivity contribution in [2.45, 2.75) is 33.6 Å². The number of hydrogen-bond acceptors (Lipinski definition) is 1. The average Bonchev–Trinajstić information content (AvgIpc) is 2.48. The maximum atomic E-state index is 13.0. The first-order valence-electron chi connectivity index (χ1n) is 7.57. The molecule has 0 heterocycles. The summed E-state index contributed by atoms with van der Waals surface area (Å²) in [5.41, 5.74) is 6.45. The molecule has 0 unspecified atom stereocenters. The van der Waals surface area contributed by atoms with Crippen LogP contribution in [0.25, 0.3) is 5.57 Å². The van der Waals surface area contributed by atoms with Crippen LogP contribution in [0.2, 0.25) is 0 Å². The maximum absolute atomic E-state index is 13.0. The van der Waals surface area contributed by atoms with Gasteiger partial charge in [0, 0.05) is 17.7 Å². The van der Waals surface area contributed by atoms with Gasteiger partial charge in [-0.15, -0.1) is 0 Å². The SMILES string of the molecule is C=C(C)c1c(C)cccc1N=C(CC)Cc1ccc(F)cc1. The van der Waals surface area contributed by atoms with E-state index in [2.05, 4.69) is 26.5 Å². The number of aryl methyl sites for hydroxylation is 1. The molecule has 22 heavy (non-hydrogen) atoms. The predicted octanol–water partition coefficient (Wildman–Crippen LogP) is 5.89. The van der Waals surface area contributed by atoms with Gasteiger partial charge in [-0.1, -0.05) is 37.8 Å². The first-order valence-corrected chi connectivity index (χ1v) is 7.57. The summed E-state index contributed by atoms with van der Waals surface area (Å²) in [6.07, 6.45) is 1.60. The monoisotopic (exact) mass is 295 g/mol. The second-order valence-electron chi connectivity index (χ2n) is 5.58. The fraction of sp³-hybridized carbons (Fsp3) is 0.250. The first-order chi connectivity index (χ1) is 10.5. The van der Waals surface area contributed by atoms with Crippen molar-refractivity contribution in [1.29, 1.82) is 0 Å². The van der Waals surface area contributed by atoms with Gasteiger partial charge in [0.25, 0.3) is 0 Å². The van der Waals surface area contributed by atoms with E-state index in [0.717, 1.165) is 40.9 Å². The van der Waals surface area contributed by atoms with Crippen LogP contribution in [0.4, 0.5) is 10.1 Å². The van der Waals surface area contributed by atoms with Crippen LogP contribution in [-0.2, 0) is 6.42 Å². The van der Waals surface area contributed by atoms with Crippen LogP contribution in [0, 0.1) is 12.7 Å². The molecule has 1 nitrogen and oxygen atoms in total. The smallest absolute Gasteiger partial charge is 0.123 e. The quantitative estimate of drug-likeness (QED) is 0.610. The Morgan fingerprint density at radius 3 is 2.41 bits per heavy atom. The third-order valence-electron chi connectivity index (χ3n) is 3.69. The largest absolute Gasteiger partial charge is 0.257 e. The molecule has 0 atom stereocenters. The molecule has 0 fully saturated rings. The van der Waals surface area contributed by atoms with Crippen LogP contribution in [0.3, 0.4) is 0 Å². The van der Waals surface area contributed by atoms with Crippen LogP contribution < -0.4 is 0 Å². The Balaban J connectivity index is 2.35. The number of aliphatic imine (C=N–C) groups is 1. The lowest BCUT2D eigenvalue weighted by Crippen LogP contribution is -2.02. The topological polar surface area (TPSA) is 12.4 Å². The third kappa shape index (κ3) is 3.91. The molecule has 0 saturated carbocycles. The molecule has 0 amide bonds. The molecule has 0 aliphatic heterocycles. The summed E-state index contributed by atoms with van der Waals surface area (Å²) in [6.45, 7) is 10.2. The number of rotatable bonds is 5. The Morgan fingerprint density at radius 2 is 1.82 bits per heavy atom. The summed E-state index contributed by atoms with van der Waals surface area (Å²) in [6, 6.07) is 12.7. The minimum atomic E-state index is -0.206. The Kier molecular flexibility index (Phi) is 5.26. The molecule has 0 N–H and O–H groups in total. The van der Waals surface area contributed by atoms with Gasteiger partial charge in [-0.25, -0.2) is 4.39 Å². The normalized spacial score (nSPS) is 11.5. The second-order valence-corrected chi connectivity index (χ2v) is 5.58. The van der Waals surface area contributed by atoms with Gasteiger partial charge in [0.15, 0.2) is 0 Å². The van der Waals surface area contributed by atoms with E-state index in [-0.39, 0.29) is 5.82 Å². The lowest BCUT2D eigenvalue weighted by atomic mass is 10.0. The van der Waals surface area contributed by atoms with Gasteiger partial charge in [-0.2, -0.15) is 0 Å². The molecule has 0 radical (unpaired) electrons. The van der Waals surface area contributed by atoms with Crippen LogP contribution >= 0.6 is 0 Å². The second kappa shape index (κ2) is 7.17. The van der Waals surface area contributed by atoms with Gasteiger partial charge in [0.05, 0.1) is 5.69 Å². The number of allylic oxidation sites excluding steroid dienone is 1. The lowest BCUT2D eigenvalue weighted by Gasteiger charge is -2.11. The molecule has 114 valence electrons. The number of benzene rings is 2. The van der Waals surface area contributed by atoms with Gasteiger partial charge in [0.2, 0.25) is 0 Å². The Hall–Kier alpha value is -2.22. The summed E-state index contributed by atoms with van der Waals surface area (Å²) in [7, 11) is 0. The minimum Gasteiger partial charge on any atom is -0.257 e. The average molecular weight is 295 g/mol. The van der Waals surface area contributed by atoms with E-state index in [1.54, 1.807) is 0 Å². The summed E-state index contributed by atoms with van der Waals surface area (Å²) in [5.74, 6) is -0.206. The Labute approximate surface area is 132 Å². The minimum absolute atomic E-state index is 0.206.